The zero-order valence-corrected chi connectivity index (χ0v) is 18.6. The molecule has 0 saturated carbocycles. The van der Waals surface area contributed by atoms with Crippen LogP contribution in [0.2, 0.25) is 0 Å². The molecule has 166 valence electrons. The highest BCUT2D eigenvalue weighted by molar-refractivity contribution is 7.89. The third-order valence-electron chi connectivity index (χ3n) is 5.38. The lowest BCUT2D eigenvalue weighted by molar-refractivity contribution is -0.128. The minimum Gasteiger partial charge on any atom is -0.347 e. The zero-order chi connectivity index (χ0) is 22.4. The highest BCUT2D eigenvalue weighted by Gasteiger charge is 2.32. The van der Waals surface area contributed by atoms with Crippen molar-refractivity contribution in [3.63, 3.8) is 0 Å². The van der Waals surface area contributed by atoms with Gasteiger partial charge in [0.1, 0.15) is 0 Å². The summed E-state index contributed by atoms with van der Waals surface area (Å²) in [5.74, 6) is -0.565. The first-order valence-electron chi connectivity index (χ1n) is 10.3. The van der Waals surface area contributed by atoms with Crippen LogP contribution in [-0.2, 0) is 19.6 Å². The van der Waals surface area contributed by atoms with E-state index in [0.29, 0.717) is 24.4 Å². The maximum absolute atomic E-state index is 12.9. The van der Waals surface area contributed by atoms with E-state index in [0.717, 1.165) is 5.56 Å². The molecule has 2 aromatic rings. The number of anilines is 1. The van der Waals surface area contributed by atoms with Crippen molar-refractivity contribution in [2.75, 3.05) is 25.0 Å². The van der Waals surface area contributed by atoms with E-state index in [1.807, 2.05) is 12.1 Å². The number of nitrogens with one attached hydrogen (secondary N) is 2. The number of aromatic nitrogens is 1. The standard InChI is InChI=1S/C22H28N4O4S/c1-16(2)17-5-7-20(8-6-17)31(29,30)26-12-9-18(10-13-26)22(28)24-15-21(27)25-19-4-3-11-23-14-19/h3-8,11,14,16,18H,9-10,12-13,15H2,1-2H3,(H,24,28)(H,25,27). The number of pyridine rings is 1. The lowest BCUT2D eigenvalue weighted by atomic mass is 9.97. The van der Waals surface area contributed by atoms with Crippen molar-refractivity contribution in [3.05, 3.63) is 54.4 Å². The average molecular weight is 445 g/mol. The van der Waals surface area contributed by atoms with Crippen LogP contribution in [0.25, 0.3) is 0 Å². The largest absolute Gasteiger partial charge is 0.347 e. The maximum atomic E-state index is 12.9. The van der Waals surface area contributed by atoms with Crippen molar-refractivity contribution in [1.29, 1.82) is 0 Å². The van der Waals surface area contributed by atoms with Gasteiger partial charge in [-0.3, -0.25) is 14.6 Å². The zero-order valence-electron chi connectivity index (χ0n) is 17.7. The summed E-state index contributed by atoms with van der Waals surface area (Å²) in [6.45, 7) is 4.51. The van der Waals surface area contributed by atoms with E-state index < -0.39 is 10.0 Å². The predicted octanol–water partition coefficient (Wildman–Crippen LogP) is 2.36. The van der Waals surface area contributed by atoms with E-state index in [2.05, 4.69) is 29.5 Å². The number of piperidine rings is 1. The first-order valence-corrected chi connectivity index (χ1v) is 11.8. The summed E-state index contributed by atoms with van der Waals surface area (Å²) in [5, 5.41) is 5.29. The normalized spacial score (nSPS) is 15.6. The van der Waals surface area contributed by atoms with E-state index in [-0.39, 0.29) is 42.3 Å². The third-order valence-corrected chi connectivity index (χ3v) is 7.29. The summed E-state index contributed by atoms with van der Waals surface area (Å²) in [6.07, 6.45) is 3.95. The van der Waals surface area contributed by atoms with Gasteiger partial charge in [-0.1, -0.05) is 26.0 Å². The van der Waals surface area contributed by atoms with Crippen LogP contribution < -0.4 is 10.6 Å². The van der Waals surface area contributed by atoms with Gasteiger partial charge in [-0.2, -0.15) is 4.31 Å². The summed E-state index contributed by atoms with van der Waals surface area (Å²) >= 11 is 0. The summed E-state index contributed by atoms with van der Waals surface area (Å²) in [7, 11) is -3.58. The number of carbonyl (C=O) groups is 2. The van der Waals surface area contributed by atoms with Crippen molar-refractivity contribution >= 4 is 27.5 Å². The second-order valence-electron chi connectivity index (χ2n) is 7.91. The highest BCUT2D eigenvalue weighted by atomic mass is 32.2. The average Bonchev–Trinajstić information content (AvgIpc) is 2.78. The minimum atomic E-state index is -3.58. The number of hydrogen-bond acceptors (Lipinski definition) is 5. The van der Waals surface area contributed by atoms with Crippen LogP contribution in [0.15, 0.2) is 53.7 Å². The maximum Gasteiger partial charge on any atom is 0.243 e. The van der Waals surface area contributed by atoms with E-state index in [1.165, 1.54) is 10.5 Å². The van der Waals surface area contributed by atoms with Gasteiger partial charge in [0.05, 0.1) is 23.3 Å². The second kappa shape index (κ2) is 10.0. The van der Waals surface area contributed by atoms with Gasteiger partial charge in [0.25, 0.3) is 0 Å². The van der Waals surface area contributed by atoms with Gasteiger partial charge in [-0.25, -0.2) is 8.42 Å². The van der Waals surface area contributed by atoms with Crippen LogP contribution >= 0.6 is 0 Å². The van der Waals surface area contributed by atoms with E-state index in [4.69, 9.17) is 0 Å². The molecule has 2 heterocycles. The van der Waals surface area contributed by atoms with Crippen LogP contribution in [0.3, 0.4) is 0 Å². The number of carbonyl (C=O) groups excluding carboxylic acids is 2. The number of nitrogens with zero attached hydrogens (tertiary/aromatic N) is 2. The van der Waals surface area contributed by atoms with E-state index in [9.17, 15) is 18.0 Å². The molecule has 8 nitrogen and oxygen atoms in total. The van der Waals surface area contributed by atoms with Crippen molar-refractivity contribution in [2.24, 2.45) is 5.92 Å². The number of amides is 2. The third kappa shape index (κ3) is 5.89. The van der Waals surface area contributed by atoms with Gasteiger partial charge in [0, 0.05) is 25.2 Å². The molecule has 0 atom stereocenters. The molecule has 9 heteroatoms. The fraction of sp³-hybridized carbons (Fsp3) is 0.409. The molecule has 1 saturated heterocycles. The second-order valence-corrected chi connectivity index (χ2v) is 9.85. The molecule has 1 aliphatic heterocycles. The van der Waals surface area contributed by atoms with E-state index in [1.54, 1.807) is 30.5 Å². The molecule has 0 aliphatic carbocycles. The molecule has 2 N–H and O–H groups in total. The number of sulfonamides is 1. The Morgan fingerprint density at radius 2 is 1.81 bits per heavy atom. The van der Waals surface area contributed by atoms with Crippen molar-refractivity contribution in [3.8, 4) is 0 Å². The van der Waals surface area contributed by atoms with Gasteiger partial charge in [0.2, 0.25) is 21.8 Å². The number of hydrogen-bond donors (Lipinski definition) is 2. The Hall–Kier alpha value is -2.78. The van der Waals surface area contributed by atoms with Crippen LogP contribution in [0.5, 0.6) is 0 Å². The Morgan fingerprint density at radius 3 is 2.39 bits per heavy atom. The molecule has 1 aromatic heterocycles. The molecule has 2 amide bonds. The van der Waals surface area contributed by atoms with Crippen LogP contribution in [0.1, 0.15) is 38.2 Å². The first kappa shape index (κ1) is 22.9. The smallest absolute Gasteiger partial charge is 0.243 e. The Kier molecular flexibility index (Phi) is 7.40. The summed E-state index contributed by atoms with van der Waals surface area (Å²) in [6, 6.07) is 10.4. The lowest BCUT2D eigenvalue weighted by Crippen LogP contribution is -2.44. The van der Waals surface area contributed by atoms with Gasteiger partial charge in [0.15, 0.2) is 0 Å². The number of rotatable bonds is 7. The number of benzene rings is 1. The molecule has 1 aromatic carbocycles. The van der Waals surface area contributed by atoms with Gasteiger partial charge in [-0.15, -0.1) is 0 Å². The molecule has 0 unspecified atom stereocenters. The molecule has 0 radical (unpaired) electrons. The quantitative estimate of drug-likeness (QED) is 0.682. The fourth-order valence-corrected chi connectivity index (χ4v) is 4.96. The molecule has 0 spiro atoms. The predicted molar refractivity (Wildman–Crippen MR) is 118 cm³/mol. The minimum absolute atomic E-state index is 0.144. The lowest BCUT2D eigenvalue weighted by Gasteiger charge is -2.30. The monoisotopic (exact) mass is 444 g/mol. The SMILES string of the molecule is CC(C)c1ccc(S(=O)(=O)N2CCC(C(=O)NCC(=O)Nc3cccnc3)CC2)cc1. The Morgan fingerprint density at radius 1 is 1.13 bits per heavy atom. The van der Waals surface area contributed by atoms with Crippen LogP contribution in [0, 0.1) is 5.92 Å². The Bertz CT molecular complexity index is 1000. The molecule has 3 rings (SSSR count). The Balaban J connectivity index is 1.49. The van der Waals surface area contributed by atoms with Gasteiger partial charge >= 0.3 is 0 Å². The van der Waals surface area contributed by atoms with Crippen molar-refractivity contribution in [2.45, 2.75) is 37.5 Å². The molecule has 1 fully saturated rings. The molecular formula is C22H28N4O4S. The first-order chi connectivity index (χ1) is 14.8. The van der Waals surface area contributed by atoms with E-state index >= 15 is 0 Å². The fourth-order valence-electron chi connectivity index (χ4n) is 3.49. The van der Waals surface area contributed by atoms with Crippen molar-refractivity contribution < 1.29 is 18.0 Å². The van der Waals surface area contributed by atoms with Gasteiger partial charge < -0.3 is 10.6 Å². The molecular weight excluding hydrogens is 416 g/mol. The van der Waals surface area contributed by atoms with Crippen molar-refractivity contribution in [1.82, 2.24) is 14.6 Å². The summed E-state index contributed by atoms with van der Waals surface area (Å²) in [5.41, 5.74) is 1.64. The summed E-state index contributed by atoms with van der Waals surface area (Å²) in [4.78, 5) is 28.6. The van der Waals surface area contributed by atoms with Gasteiger partial charge in [-0.05, 0) is 48.6 Å². The topological polar surface area (TPSA) is 108 Å². The molecule has 31 heavy (non-hydrogen) atoms. The van der Waals surface area contributed by atoms with Crippen LogP contribution in [0.4, 0.5) is 5.69 Å². The molecule has 0 bridgehead atoms. The Labute approximate surface area is 183 Å². The van der Waals surface area contributed by atoms with Crippen LogP contribution in [-0.4, -0.2) is 49.2 Å². The highest BCUT2D eigenvalue weighted by Crippen LogP contribution is 2.25. The summed E-state index contributed by atoms with van der Waals surface area (Å²) < 4.78 is 27.2. The molecule has 1 aliphatic rings.